The summed E-state index contributed by atoms with van der Waals surface area (Å²) in [5.74, 6) is -1.11. The molecular formula is C11H20N2O4. The predicted octanol–water partition coefficient (Wildman–Crippen LogP) is -0.277. The summed E-state index contributed by atoms with van der Waals surface area (Å²) in [4.78, 5) is 22.6. The van der Waals surface area contributed by atoms with Gasteiger partial charge in [-0.1, -0.05) is 12.8 Å². The van der Waals surface area contributed by atoms with Crippen LogP contribution < -0.4 is 11.1 Å². The third kappa shape index (κ3) is 3.98. The molecule has 0 radical (unpaired) electrons. The monoisotopic (exact) mass is 244 g/mol. The zero-order valence-electron chi connectivity index (χ0n) is 9.91. The molecule has 1 aliphatic carbocycles. The number of hydrogen-bond acceptors (Lipinski definition) is 4. The van der Waals surface area contributed by atoms with E-state index in [9.17, 15) is 14.7 Å². The summed E-state index contributed by atoms with van der Waals surface area (Å²) >= 11 is 0. The Hall–Kier alpha value is -1.14. The maximum atomic E-state index is 11.4. The van der Waals surface area contributed by atoms with Gasteiger partial charge in [0.05, 0.1) is 12.0 Å². The summed E-state index contributed by atoms with van der Waals surface area (Å²) < 4.78 is 4.97. The Labute approximate surface area is 101 Å². The van der Waals surface area contributed by atoms with Gasteiger partial charge in [-0.05, 0) is 12.8 Å². The Kier molecular flexibility index (Phi) is 5.37. The summed E-state index contributed by atoms with van der Waals surface area (Å²) in [6.45, 7) is 0.823. The number of carboxylic acids is 1. The number of hydrogen-bond donors (Lipinski definition) is 3. The number of nitrogens with two attached hydrogens (primary N) is 1. The summed E-state index contributed by atoms with van der Waals surface area (Å²) in [7, 11) is 0. The molecule has 0 heterocycles. The number of rotatable bonds is 7. The van der Waals surface area contributed by atoms with E-state index < -0.39 is 11.4 Å². The maximum Gasteiger partial charge on any atom is 0.311 e. The first-order valence-electron chi connectivity index (χ1n) is 5.89. The van der Waals surface area contributed by atoms with Crippen LogP contribution in [-0.2, 0) is 14.3 Å². The molecule has 0 aliphatic heterocycles. The van der Waals surface area contributed by atoms with Crippen molar-refractivity contribution in [1.82, 2.24) is 5.32 Å². The van der Waals surface area contributed by atoms with E-state index in [4.69, 9.17) is 10.5 Å². The molecule has 0 unspecified atom stereocenters. The molecule has 1 aliphatic rings. The minimum absolute atomic E-state index is 0.0626. The van der Waals surface area contributed by atoms with E-state index in [1.165, 1.54) is 0 Å². The number of carbonyl (C=O) groups excluding carboxylic acids is 1. The van der Waals surface area contributed by atoms with Crippen molar-refractivity contribution in [1.29, 1.82) is 0 Å². The summed E-state index contributed by atoms with van der Waals surface area (Å²) in [6.07, 6.45) is 3.08. The predicted molar refractivity (Wildman–Crippen MR) is 61.4 cm³/mol. The lowest BCUT2D eigenvalue weighted by Gasteiger charge is -2.23. The van der Waals surface area contributed by atoms with Crippen LogP contribution in [0.5, 0.6) is 0 Å². The summed E-state index contributed by atoms with van der Waals surface area (Å²) in [5, 5.41) is 11.8. The fourth-order valence-electron chi connectivity index (χ4n) is 2.09. The number of carbonyl (C=O) groups is 2. The number of ether oxygens (including phenoxy) is 1. The molecule has 6 nitrogen and oxygen atoms in total. The van der Waals surface area contributed by atoms with Gasteiger partial charge >= 0.3 is 5.97 Å². The lowest BCUT2D eigenvalue weighted by molar-refractivity contribution is -0.148. The van der Waals surface area contributed by atoms with Crippen LogP contribution in [0.1, 0.15) is 25.7 Å². The van der Waals surface area contributed by atoms with Crippen molar-refractivity contribution < 1.29 is 19.4 Å². The molecule has 1 saturated carbocycles. The van der Waals surface area contributed by atoms with Crippen molar-refractivity contribution >= 4 is 11.9 Å². The van der Waals surface area contributed by atoms with E-state index in [-0.39, 0.29) is 19.1 Å². The van der Waals surface area contributed by atoms with Crippen LogP contribution in [0.25, 0.3) is 0 Å². The van der Waals surface area contributed by atoms with Gasteiger partial charge in [-0.3, -0.25) is 9.59 Å². The number of amides is 1. The molecule has 1 fully saturated rings. The summed E-state index contributed by atoms with van der Waals surface area (Å²) in [6, 6.07) is 0. The zero-order chi connectivity index (χ0) is 12.7. The standard InChI is InChI=1S/C11H20N2O4/c12-5-6-17-7-9(14)13-8-11(10(15)16)3-1-2-4-11/h1-8,12H2,(H,13,14)(H,15,16). The molecule has 0 aromatic carbocycles. The van der Waals surface area contributed by atoms with Gasteiger partial charge in [0.15, 0.2) is 0 Å². The lowest BCUT2D eigenvalue weighted by atomic mass is 9.86. The number of carboxylic acid groups (broad SMARTS) is 1. The second-order valence-electron chi connectivity index (χ2n) is 4.41. The van der Waals surface area contributed by atoms with E-state index in [0.29, 0.717) is 26.0 Å². The molecule has 0 spiro atoms. The van der Waals surface area contributed by atoms with Crippen LogP contribution in [0.15, 0.2) is 0 Å². The first-order valence-corrected chi connectivity index (χ1v) is 5.89. The molecule has 0 aromatic heterocycles. The highest BCUT2D eigenvalue weighted by Gasteiger charge is 2.41. The number of nitrogens with one attached hydrogen (secondary N) is 1. The number of aliphatic carboxylic acids is 1. The van der Waals surface area contributed by atoms with Gasteiger partial charge < -0.3 is 20.9 Å². The van der Waals surface area contributed by atoms with Crippen molar-refractivity contribution in [2.24, 2.45) is 11.1 Å². The Morgan fingerprint density at radius 2 is 2.00 bits per heavy atom. The summed E-state index contributed by atoms with van der Waals surface area (Å²) in [5.41, 5.74) is 4.44. The van der Waals surface area contributed by atoms with E-state index in [1.807, 2.05) is 0 Å². The van der Waals surface area contributed by atoms with Crippen molar-refractivity contribution in [2.75, 3.05) is 26.3 Å². The van der Waals surface area contributed by atoms with Crippen molar-refractivity contribution in [3.63, 3.8) is 0 Å². The maximum absolute atomic E-state index is 11.4. The van der Waals surface area contributed by atoms with Crippen molar-refractivity contribution in [3.8, 4) is 0 Å². The Morgan fingerprint density at radius 3 is 2.53 bits per heavy atom. The minimum Gasteiger partial charge on any atom is -0.481 e. The Morgan fingerprint density at radius 1 is 1.35 bits per heavy atom. The van der Waals surface area contributed by atoms with Gasteiger partial charge in [0.1, 0.15) is 6.61 Å². The minimum atomic E-state index is -0.821. The van der Waals surface area contributed by atoms with Crippen molar-refractivity contribution in [3.05, 3.63) is 0 Å². The third-order valence-electron chi connectivity index (χ3n) is 3.13. The first kappa shape index (κ1) is 13.9. The van der Waals surface area contributed by atoms with E-state index in [1.54, 1.807) is 0 Å². The molecular weight excluding hydrogens is 224 g/mol. The SMILES string of the molecule is NCCOCC(=O)NCC1(C(=O)O)CCCC1. The zero-order valence-corrected chi connectivity index (χ0v) is 9.91. The molecule has 4 N–H and O–H groups in total. The Balaban J connectivity index is 2.32. The van der Waals surface area contributed by atoms with Gasteiger partial charge in [-0.2, -0.15) is 0 Å². The van der Waals surface area contributed by atoms with Crippen LogP contribution in [0.3, 0.4) is 0 Å². The molecule has 1 rings (SSSR count). The second kappa shape index (κ2) is 6.56. The first-order chi connectivity index (χ1) is 8.10. The molecule has 6 heteroatoms. The fourth-order valence-corrected chi connectivity index (χ4v) is 2.09. The second-order valence-corrected chi connectivity index (χ2v) is 4.41. The third-order valence-corrected chi connectivity index (χ3v) is 3.13. The largest absolute Gasteiger partial charge is 0.481 e. The molecule has 0 aromatic rings. The molecule has 0 bridgehead atoms. The molecule has 17 heavy (non-hydrogen) atoms. The quantitative estimate of drug-likeness (QED) is 0.535. The fraction of sp³-hybridized carbons (Fsp3) is 0.818. The van der Waals surface area contributed by atoms with Crippen LogP contribution in [0.2, 0.25) is 0 Å². The van der Waals surface area contributed by atoms with E-state index >= 15 is 0 Å². The van der Waals surface area contributed by atoms with Crippen LogP contribution in [-0.4, -0.2) is 43.3 Å². The van der Waals surface area contributed by atoms with Crippen LogP contribution in [0.4, 0.5) is 0 Å². The van der Waals surface area contributed by atoms with E-state index in [0.717, 1.165) is 12.8 Å². The average molecular weight is 244 g/mol. The smallest absolute Gasteiger partial charge is 0.311 e. The highest BCUT2D eigenvalue weighted by molar-refractivity contribution is 5.80. The molecule has 98 valence electrons. The highest BCUT2D eigenvalue weighted by Crippen LogP contribution is 2.37. The van der Waals surface area contributed by atoms with Gasteiger partial charge in [0, 0.05) is 13.1 Å². The topological polar surface area (TPSA) is 102 Å². The molecule has 1 amide bonds. The van der Waals surface area contributed by atoms with Crippen LogP contribution in [0, 0.1) is 5.41 Å². The Bertz CT molecular complexity index is 275. The highest BCUT2D eigenvalue weighted by atomic mass is 16.5. The van der Waals surface area contributed by atoms with Crippen molar-refractivity contribution in [2.45, 2.75) is 25.7 Å². The van der Waals surface area contributed by atoms with Gasteiger partial charge in [0.2, 0.25) is 5.91 Å². The van der Waals surface area contributed by atoms with Gasteiger partial charge in [0.25, 0.3) is 0 Å². The molecule has 0 saturated heterocycles. The van der Waals surface area contributed by atoms with Crippen LogP contribution >= 0.6 is 0 Å². The average Bonchev–Trinajstić information content (AvgIpc) is 2.77. The van der Waals surface area contributed by atoms with Gasteiger partial charge in [-0.25, -0.2) is 0 Å². The normalized spacial score (nSPS) is 17.9. The van der Waals surface area contributed by atoms with E-state index in [2.05, 4.69) is 5.32 Å². The van der Waals surface area contributed by atoms with Gasteiger partial charge in [-0.15, -0.1) is 0 Å². The lowest BCUT2D eigenvalue weighted by Crippen LogP contribution is -2.42. The molecule has 0 atom stereocenters.